The quantitative estimate of drug-likeness (QED) is 0.510. The average molecular weight is 346 g/mol. The lowest BCUT2D eigenvalue weighted by Crippen LogP contribution is -2.32. The first-order chi connectivity index (χ1) is 12.2. The Balaban J connectivity index is 2.58. The zero-order valence-corrected chi connectivity index (χ0v) is 16.0. The average Bonchev–Trinajstić information content (AvgIpc) is 2.60. The van der Waals surface area contributed by atoms with E-state index in [0.29, 0.717) is 5.76 Å². The topological polar surface area (TPSA) is 45.4 Å². The Bertz CT molecular complexity index is 769. The molecular formula is C23H26N2O. The predicted octanol–water partition coefficient (Wildman–Crippen LogP) is 5.53. The molecule has 0 N–H and O–H groups in total. The molecule has 0 aliphatic heterocycles. The molecule has 1 atom stereocenters. The van der Waals surface area contributed by atoms with Crippen LogP contribution in [-0.4, -0.2) is 16.9 Å². The fraction of sp³-hybridized carbons (Fsp3) is 0.304. The van der Waals surface area contributed by atoms with Gasteiger partial charge in [0.15, 0.2) is 0 Å². The monoisotopic (exact) mass is 346 g/mol. The molecule has 0 radical (unpaired) electrons. The molecule has 0 bridgehead atoms. The zero-order chi connectivity index (χ0) is 19.2. The molecule has 0 saturated heterocycles. The molecule has 0 amide bonds. The number of hydrogen-bond donors (Lipinski definition) is 0. The third kappa shape index (κ3) is 5.07. The van der Waals surface area contributed by atoms with Crippen molar-refractivity contribution in [3.05, 3.63) is 84.1 Å². The number of rotatable bonds is 6. The van der Waals surface area contributed by atoms with Crippen LogP contribution in [0.25, 0.3) is 0 Å². The number of ether oxygens (including phenoxy) is 1. The Morgan fingerprint density at radius 1 is 0.962 bits per heavy atom. The van der Waals surface area contributed by atoms with E-state index in [9.17, 15) is 5.26 Å². The maximum absolute atomic E-state index is 9.39. The van der Waals surface area contributed by atoms with Gasteiger partial charge in [-0.05, 0) is 27.7 Å². The molecule has 0 saturated carbocycles. The molecule has 0 spiro atoms. The summed E-state index contributed by atoms with van der Waals surface area (Å²) in [5.74, 6) is 0.496. The van der Waals surface area contributed by atoms with Gasteiger partial charge in [-0.2, -0.15) is 5.26 Å². The van der Waals surface area contributed by atoms with Crippen LogP contribution in [-0.2, 0) is 4.74 Å². The highest BCUT2D eigenvalue weighted by atomic mass is 16.5. The van der Waals surface area contributed by atoms with E-state index in [4.69, 9.17) is 9.73 Å². The van der Waals surface area contributed by atoms with Gasteiger partial charge in [-0.3, -0.25) is 4.99 Å². The molecule has 134 valence electrons. The Labute approximate surface area is 156 Å². The lowest BCUT2D eigenvalue weighted by molar-refractivity contribution is 0.0324. The van der Waals surface area contributed by atoms with Crippen molar-refractivity contribution in [2.75, 3.05) is 0 Å². The van der Waals surface area contributed by atoms with Crippen LogP contribution in [0.4, 0.5) is 0 Å². The van der Waals surface area contributed by atoms with Gasteiger partial charge in [-0.1, -0.05) is 67.2 Å². The summed E-state index contributed by atoms with van der Waals surface area (Å²) in [5, 5.41) is 9.39. The Kier molecular flexibility index (Phi) is 6.00. The van der Waals surface area contributed by atoms with E-state index in [-0.39, 0.29) is 6.42 Å². The number of nitriles is 1. The van der Waals surface area contributed by atoms with Gasteiger partial charge in [-0.15, -0.1) is 0 Å². The van der Waals surface area contributed by atoms with Crippen LogP contribution in [0.5, 0.6) is 0 Å². The van der Waals surface area contributed by atoms with Crippen molar-refractivity contribution in [2.24, 2.45) is 4.99 Å². The molecule has 26 heavy (non-hydrogen) atoms. The second-order valence-electron chi connectivity index (χ2n) is 7.44. The normalized spacial score (nSPS) is 13.2. The molecule has 2 aromatic carbocycles. The summed E-state index contributed by atoms with van der Waals surface area (Å²) in [7, 11) is 0. The largest absolute Gasteiger partial charge is 0.491 e. The van der Waals surface area contributed by atoms with E-state index in [2.05, 4.69) is 12.6 Å². The van der Waals surface area contributed by atoms with Gasteiger partial charge in [0.1, 0.15) is 16.9 Å². The van der Waals surface area contributed by atoms with Crippen molar-refractivity contribution in [1.82, 2.24) is 0 Å². The summed E-state index contributed by atoms with van der Waals surface area (Å²) < 4.78 is 5.98. The molecule has 0 heterocycles. The van der Waals surface area contributed by atoms with Gasteiger partial charge < -0.3 is 4.74 Å². The van der Waals surface area contributed by atoms with Gasteiger partial charge in [0, 0.05) is 11.1 Å². The predicted molar refractivity (Wildman–Crippen MR) is 107 cm³/mol. The highest BCUT2D eigenvalue weighted by Gasteiger charge is 2.32. The SMILES string of the molecule is C=C(OC(C)(C)C)C(C)(CC#N)N=C(c1ccccc1)c1ccccc1. The van der Waals surface area contributed by atoms with Crippen molar-refractivity contribution >= 4 is 5.71 Å². The van der Waals surface area contributed by atoms with E-state index in [1.54, 1.807) is 0 Å². The highest BCUT2D eigenvalue weighted by molar-refractivity contribution is 6.13. The molecule has 0 fully saturated rings. The van der Waals surface area contributed by atoms with Crippen LogP contribution in [0.2, 0.25) is 0 Å². The molecule has 2 rings (SSSR count). The first kappa shape index (κ1) is 19.5. The Hall–Kier alpha value is -2.86. The standard InChI is InChI=1S/C23H26N2O/c1-18(26-22(2,3)4)23(5,16-17-24)25-21(19-12-8-6-9-13-19)20-14-10-7-11-15-20/h6-15H,1,16H2,2-5H3. The molecule has 0 aliphatic rings. The summed E-state index contributed by atoms with van der Waals surface area (Å²) in [4.78, 5) is 4.99. The van der Waals surface area contributed by atoms with Crippen molar-refractivity contribution in [3.8, 4) is 6.07 Å². The number of hydrogen-bond acceptors (Lipinski definition) is 3. The van der Waals surface area contributed by atoms with Crippen LogP contribution in [0.1, 0.15) is 45.2 Å². The van der Waals surface area contributed by atoms with Crippen LogP contribution >= 0.6 is 0 Å². The molecule has 1 unspecified atom stereocenters. The van der Waals surface area contributed by atoms with Gasteiger partial charge in [0.25, 0.3) is 0 Å². The fourth-order valence-electron chi connectivity index (χ4n) is 2.57. The summed E-state index contributed by atoms with van der Waals surface area (Å²) in [6.45, 7) is 11.9. The third-order valence-corrected chi connectivity index (χ3v) is 3.91. The lowest BCUT2D eigenvalue weighted by Gasteiger charge is -2.32. The maximum Gasteiger partial charge on any atom is 0.128 e. The van der Waals surface area contributed by atoms with Crippen LogP contribution in [0.3, 0.4) is 0 Å². The van der Waals surface area contributed by atoms with Crippen LogP contribution in [0, 0.1) is 11.3 Å². The van der Waals surface area contributed by atoms with E-state index in [1.807, 2.05) is 88.4 Å². The summed E-state index contributed by atoms with van der Waals surface area (Å²) in [6.07, 6.45) is 0.186. The smallest absolute Gasteiger partial charge is 0.128 e. The van der Waals surface area contributed by atoms with Crippen molar-refractivity contribution in [2.45, 2.75) is 45.3 Å². The van der Waals surface area contributed by atoms with Gasteiger partial charge in [0.2, 0.25) is 0 Å². The molecule has 0 aliphatic carbocycles. The summed E-state index contributed by atoms with van der Waals surface area (Å²) in [5.41, 5.74) is 1.56. The third-order valence-electron chi connectivity index (χ3n) is 3.91. The summed E-state index contributed by atoms with van der Waals surface area (Å²) >= 11 is 0. The molecular weight excluding hydrogens is 320 g/mol. The first-order valence-corrected chi connectivity index (χ1v) is 8.71. The minimum absolute atomic E-state index is 0.186. The van der Waals surface area contributed by atoms with Crippen LogP contribution < -0.4 is 0 Å². The Morgan fingerprint density at radius 2 is 1.42 bits per heavy atom. The Morgan fingerprint density at radius 3 is 1.81 bits per heavy atom. The van der Waals surface area contributed by atoms with Crippen molar-refractivity contribution in [1.29, 1.82) is 5.26 Å². The molecule has 3 heteroatoms. The lowest BCUT2D eigenvalue weighted by atomic mass is 9.94. The first-order valence-electron chi connectivity index (χ1n) is 8.71. The molecule has 0 aromatic heterocycles. The van der Waals surface area contributed by atoms with Gasteiger partial charge >= 0.3 is 0 Å². The minimum Gasteiger partial charge on any atom is -0.491 e. The second kappa shape index (κ2) is 8.01. The van der Waals surface area contributed by atoms with E-state index in [1.165, 1.54) is 0 Å². The van der Waals surface area contributed by atoms with Gasteiger partial charge in [-0.25, -0.2) is 0 Å². The molecule has 3 nitrogen and oxygen atoms in total. The second-order valence-corrected chi connectivity index (χ2v) is 7.44. The van der Waals surface area contributed by atoms with E-state index in [0.717, 1.165) is 16.8 Å². The van der Waals surface area contributed by atoms with E-state index < -0.39 is 11.1 Å². The number of benzene rings is 2. The van der Waals surface area contributed by atoms with Crippen molar-refractivity contribution in [3.63, 3.8) is 0 Å². The van der Waals surface area contributed by atoms with Gasteiger partial charge in [0.05, 0.1) is 18.2 Å². The maximum atomic E-state index is 9.39. The van der Waals surface area contributed by atoms with E-state index >= 15 is 0 Å². The van der Waals surface area contributed by atoms with Crippen molar-refractivity contribution < 1.29 is 4.74 Å². The highest BCUT2D eigenvalue weighted by Crippen LogP contribution is 2.30. The number of aliphatic imine (C=N–C) groups is 1. The number of nitrogens with zero attached hydrogens (tertiary/aromatic N) is 2. The molecule has 2 aromatic rings. The summed E-state index contributed by atoms with van der Waals surface area (Å²) in [6, 6.07) is 22.2. The minimum atomic E-state index is -0.844. The van der Waals surface area contributed by atoms with Crippen LogP contribution in [0.15, 0.2) is 78.0 Å². The fourth-order valence-corrected chi connectivity index (χ4v) is 2.57. The zero-order valence-electron chi connectivity index (χ0n) is 16.0.